The molecule has 20 nitrogen and oxygen atoms in total. The van der Waals surface area contributed by atoms with E-state index >= 15 is 0 Å². The van der Waals surface area contributed by atoms with E-state index in [0.717, 1.165) is 50.3 Å². The fourth-order valence-electron chi connectivity index (χ4n) is 10.8. The first-order chi connectivity index (χ1) is 39.8. The second kappa shape index (κ2) is 22.3. The van der Waals surface area contributed by atoms with Crippen molar-refractivity contribution in [3.05, 3.63) is 197 Å². The van der Waals surface area contributed by atoms with E-state index in [2.05, 4.69) is 20.0 Å². The van der Waals surface area contributed by atoms with Gasteiger partial charge in [0.2, 0.25) is 5.91 Å². The van der Waals surface area contributed by atoms with Crippen molar-refractivity contribution in [1.29, 1.82) is 0 Å². The first-order valence-corrected chi connectivity index (χ1v) is 25.9. The second-order valence-electron chi connectivity index (χ2n) is 19.7. The monoisotopic (exact) mass is 1110 g/mol. The predicted octanol–water partition coefficient (Wildman–Crippen LogP) is 10.0. The van der Waals surface area contributed by atoms with Crippen LogP contribution in [0.1, 0.15) is 62.0 Å². The molecule has 0 bridgehead atoms. The number of primary amides is 3. The number of aromatic hydroxyl groups is 3. The van der Waals surface area contributed by atoms with Gasteiger partial charge in [-0.3, -0.25) is 19.2 Å². The molecule has 6 heterocycles. The van der Waals surface area contributed by atoms with E-state index in [9.17, 15) is 39.6 Å². The van der Waals surface area contributed by atoms with Gasteiger partial charge in [-0.05, 0) is 138 Å². The van der Waals surface area contributed by atoms with Crippen LogP contribution in [0.15, 0.2) is 159 Å². The van der Waals surface area contributed by atoms with Crippen molar-refractivity contribution < 1.29 is 53.2 Å². The normalized spacial score (nSPS) is 11.6. The van der Waals surface area contributed by atoms with Crippen LogP contribution in [0.4, 0.5) is 0 Å². The Hall–Kier alpha value is -11.0. The lowest BCUT2D eigenvalue weighted by Gasteiger charge is -2.14. The van der Waals surface area contributed by atoms with Crippen LogP contribution in [-0.4, -0.2) is 73.1 Å². The number of aromatic nitrogens is 6. The Kier molecular flexibility index (Phi) is 14.8. The fourth-order valence-corrected chi connectivity index (χ4v) is 10.8. The lowest BCUT2D eigenvalue weighted by molar-refractivity contribution is -0.126. The third-order valence-corrected chi connectivity index (χ3v) is 14.2. The summed E-state index contributed by atoms with van der Waals surface area (Å²) in [5.74, 6) is -0.905. The van der Waals surface area contributed by atoms with E-state index in [4.69, 9.17) is 30.8 Å². The molecule has 12 rings (SSSR count). The number of fused-ring (bicyclic) bond motifs is 3. The van der Waals surface area contributed by atoms with Crippen LogP contribution in [-0.2, 0) is 20.8 Å². The third kappa shape index (κ3) is 10.1. The van der Waals surface area contributed by atoms with Gasteiger partial charge in [0, 0.05) is 38.8 Å². The Morgan fingerprint density at radius 1 is 0.470 bits per heavy atom. The zero-order chi connectivity index (χ0) is 59.1. The van der Waals surface area contributed by atoms with Crippen molar-refractivity contribution in [2.24, 2.45) is 17.2 Å². The van der Waals surface area contributed by atoms with Crippen molar-refractivity contribution in [1.82, 2.24) is 29.2 Å². The molecular weight excluding hydrogens is 1060 g/mol. The molecule has 0 aliphatic rings. The largest absolute Gasteiger partial charge is 0.508 e. The summed E-state index contributed by atoms with van der Waals surface area (Å²) < 4.78 is 21.9. The number of Topliss-reactive ketones (excluding diaryl/α,β-unsaturated/α-hetero) is 1. The number of para-hydroxylation sites is 3. The number of hydrogen-bond acceptors (Lipinski definition) is 14. The van der Waals surface area contributed by atoms with Crippen molar-refractivity contribution >= 4 is 56.2 Å². The molecule has 418 valence electrons. The van der Waals surface area contributed by atoms with Gasteiger partial charge in [-0.25, -0.2) is 0 Å². The summed E-state index contributed by atoms with van der Waals surface area (Å²) in [6.07, 6.45) is -1.41. The fraction of sp³-hybridized carbons (Fsp3) is 0.127. The number of carbonyl (C=O) groups excluding carboxylic acids is 4. The molecule has 12 aromatic rings. The molecule has 83 heavy (non-hydrogen) atoms. The molecule has 0 saturated heterocycles. The Morgan fingerprint density at radius 2 is 0.819 bits per heavy atom. The first kappa shape index (κ1) is 55.3. The Balaban J connectivity index is 0.000000139. The third-order valence-electron chi connectivity index (χ3n) is 14.2. The smallest absolute Gasteiger partial charge is 0.289 e. The molecule has 0 spiro atoms. The molecule has 10 N–H and O–H groups in total. The van der Waals surface area contributed by atoms with E-state index in [1.165, 1.54) is 0 Å². The molecule has 3 amide bonds. The highest BCUT2D eigenvalue weighted by Crippen LogP contribution is 2.44. The molecule has 1 unspecified atom stereocenters. The van der Waals surface area contributed by atoms with E-state index in [1.54, 1.807) is 100 Å². The minimum Gasteiger partial charge on any atom is -0.508 e. The van der Waals surface area contributed by atoms with Gasteiger partial charge in [0.05, 0.1) is 79.4 Å². The standard InChI is InChI=1S/C21H19N3O4.C21H17N3O4.C21H19N3O3/c2*1-11-17(12(2)28-23-11)19-18(20(26)21(22)27)15-5-3-4-6-16(15)24(19)13-7-9-14(25)10-8-13;1-12-20(13(2)27-23-12)21-17(11-19(22)26)16-5-3-4-6-18(16)24(21)14-7-9-15(25)10-8-14/h3-10,20,25-26H,1-2H3,(H2,22,27);3-10,25H,1-2H3,(H2,22,27);3-10,25H,11H2,1-2H3,(H2,22,26). The van der Waals surface area contributed by atoms with E-state index < -0.39 is 29.6 Å². The van der Waals surface area contributed by atoms with Crippen LogP contribution < -0.4 is 17.2 Å². The average Bonchev–Trinajstić information content (AvgIpc) is 3.73. The zero-order valence-corrected chi connectivity index (χ0v) is 45.7. The number of aryl methyl sites for hydroxylation is 6. The van der Waals surface area contributed by atoms with Gasteiger partial charge in [-0.2, -0.15) is 0 Å². The topological polar surface area (TPSA) is 320 Å². The second-order valence-corrected chi connectivity index (χ2v) is 19.7. The highest BCUT2D eigenvalue weighted by atomic mass is 16.5. The van der Waals surface area contributed by atoms with E-state index in [0.29, 0.717) is 78.7 Å². The van der Waals surface area contributed by atoms with Gasteiger partial charge in [0.15, 0.2) is 6.10 Å². The molecule has 0 aliphatic heterocycles. The van der Waals surface area contributed by atoms with Crippen LogP contribution in [0, 0.1) is 41.5 Å². The molecule has 20 heteroatoms. The number of hydrogen-bond donors (Lipinski definition) is 7. The van der Waals surface area contributed by atoms with Crippen LogP contribution in [0.5, 0.6) is 17.2 Å². The van der Waals surface area contributed by atoms with Crippen molar-refractivity contribution in [3.63, 3.8) is 0 Å². The number of aliphatic hydroxyl groups excluding tert-OH is 1. The summed E-state index contributed by atoms with van der Waals surface area (Å²) in [7, 11) is 0. The minimum atomic E-state index is -1.51. The highest BCUT2D eigenvalue weighted by molar-refractivity contribution is 6.46. The number of nitrogens with two attached hydrogens (primary N) is 3. The number of amides is 3. The van der Waals surface area contributed by atoms with Gasteiger partial charge in [-0.1, -0.05) is 70.1 Å². The van der Waals surface area contributed by atoms with E-state index in [-0.39, 0.29) is 29.2 Å². The van der Waals surface area contributed by atoms with Crippen molar-refractivity contribution in [3.8, 4) is 68.1 Å². The number of aliphatic hydroxyl groups is 1. The van der Waals surface area contributed by atoms with E-state index in [1.807, 2.05) is 95.8 Å². The van der Waals surface area contributed by atoms with Crippen LogP contribution in [0.2, 0.25) is 0 Å². The number of phenolic OH excluding ortho intramolecular Hbond substituents is 3. The summed E-state index contributed by atoms with van der Waals surface area (Å²) in [4.78, 5) is 48.4. The summed E-state index contributed by atoms with van der Waals surface area (Å²) in [5.41, 5.74) is 28.5. The SMILES string of the molecule is Cc1noc(C)c1-c1c(C(=O)C(N)=O)c2ccccc2n1-c1ccc(O)cc1.Cc1noc(C)c1-c1c(C(O)C(N)=O)c2ccccc2n1-c1ccc(O)cc1.Cc1noc(C)c1-c1c(CC(N)=O)c2ccccc2n1-c1ccc(O)cc1. The number of benzene rings is 6. The van der Waals surface area contributed by atoms with Crippen LogP contribution in [0.25, 0.3) is 83.5 Å². The number of rotatable bonds is 12. The maximum atomic E-state index is 12.8. The van der Waals surface area contributed by atoms with Gasteiger partial charge < -0.3 is 64.9 Å². The minimum absolute atomic E-state index is 0.102. The maximum absolute atomic E-state index is 12.8. The number of ketones is 1. The molecule has 0 radical (unpaired) electrons. The lowest BCUT2D eigenvalue weighted by Crippen LogP contribution is -2.23. The van der Waals surface area contributed by atoms with Gasteiger partial charge >= 0.3 is 0 Å². The number of carbonyl (C=O) groups is 4. The quantitative estimate of drug-likeness (QED) is 0.0442. The van der Waals surface area contributed by atoms with Crippen LogP contribution >= 0.6 is 0 Å². The lowest BCUT2D eigenvalue weighted by atomic mass is 9.99. The first-order valence-electron chi connectivity index (χ1n) is 25.9. The summed E-state index contributed by atoms with van der Waals surface area (Å²) in [6.45, 7) is 10.8. The molecule has 0 fully saturated rings. The summed E-state index contributed by atoms with van der Waals surface area (Å²) >= 11 is 0. The Bertz CT molecular complexity index is 4420. The highest BCUT2D eigenvalue weighted by Gasteiger charge is 2.33. The molecule has 0 aliphatic carbocycles. The molecule has 6 aromatic heterocycles. The molecule has 6 aromatic carbocycles. The zero-order valence-electron chi connectivity index (χ0n) is 45.7. The average molecular weight is 1110 g/mol. The molecular formula is C63H55N9O11. The summed E-state index contributed by atoms with van der Waals surface area (Å²) in [6, 6.07) is 42.7. The Morgan fingerprint density at radius 3 is 1.22 bits per heavy atom. The number of nitrogens with zero attached hydrogens (tertiary/aromatic N) is 6. The number of phenols is 3. The molecule has 1 atom stereocenters. The summed E-state index contributed by atoms with van der Waals surface area (Å²) in [5, 5.41) is 54.1. The van der Waals surface area contributed by atoms with Gasteiger partial charge in [0.25, 0.3) is 17.6 Å². The maximum Gasteiger partial charge on any atom is 0.289 e. The van der Waals surface area contributed by atoms with Gasteiger partial charge in [0.1, 0.15) is 34.5 Å². The van der Waals surface area contributed by atoms with Crippen molar-refractivity contribution in [2.75, 3.05) is 0 Å². The van der Waals surface area contributed by atoms with Gasteiger partial charge in [-0.15, -0.1) is 0 Å². The Labute approximate surface area is 472 Å². The van der Waals surface area contributed by atoms with Crippen LogP contribution in [0.3, 0.4) is 0 Å². The van der Waals surface area contributed by atoms with Crippen molar-refractivity contribution in [2.45, 2.75) is 54.1 Å². The molecule has 0 saturated carbocycles. The predicted molar refractivity (Wildman–Crippen MR) is 310 cm³/mol.